The monoisotopic (exact) mass is 278 g/mol. The standard InChI is InChI=1S/C15H22N2O3/c1-12(18)11-15(7-3-2-4-8-15)14(17(19)20)10-13-6-5-9-16-13/h5-6,9,14,16H,2-4,7-8,10-11H2,1H3. The van der Waals surface area contributed by atoms with Crippen LogP contribution < -0.4 is 0 Å². The van der Waals surface area contributed by atoms with Gasteiger partial charge in [-0.25, -0.2) is 0 Å². The Morgan fingerprint density at radius 1 is 1.45 bits per heavy atom. The molecule has 1 atom stereocenters. The first kappa shape index (κ1) is 14.8. The predicted molar refractivity (Wildman–Crippen MR) is 76.1 cm³/mol. The molecule has 5 nitrogen and oxygen atoms in total. The Kier molecular flexibility index (Phi) is 4.57. The van der Waals surface area contributed by atoms with E-state index in [-0.39, 0.29) is 10.7 Å². The van der Waals surface area contributed by atoms with Gasteiger partial charge in [0.05, 0.1) is 6.42 Å². The molecule has 1 aromatic rings. The molecule has 0 aromatic carbocycles. The first-order chi connectivity index (χ1) is 9.53. The lowest BCUT2D eigenvalue weighted by atomic mass is 9.65. The number of carbonyl (C=O) groups excluding carboxylic acids is 1. The highest BCUT2D eigenvalue weighted by Gasteiger charge is 2.47. The van der Waals surface area contributed by atoms with Crippen molar-refractivity contribution in [3.63, 3.8) is 0 Å². The zero-order valence-corrected chi connectivity index (χ0v) is 11.9. The first-order valence-electron chi connectivity index (χ1n) is 7.29. The minimum Gasteiger partial charge on any atom is -0.365 e. The van der Waals surface area contributed by atoms with Gasteiger partial charge in [-0.15, -0.1) is 0 Å². The number of aromatic nitrogens is 1. The molecule has 5 heteroatoms. The molecule has 0 aliphatic heterocycles. The molecule has 110 valence electrons. The van der Waals surface area contributed by atoms with Gasteiger partial charge < -0.3 is 9.78 Å². The molecule has 1 fully saturated rings. The van der Waals surface area contributed by atoms with Crippen molar-refractivity contribution in [2.24, 2.45) is 5.41 Å². The molecule has 0 radical (unpaired) electrons. The topological polar surface area (TPSA) is 76.0 Å². The van der Waals surface area contributed by atoms with Crippen molar-refractivity contribution in [2.45, 2.75) is 57.9 Å². The minimum absolute atomic E-state index is 0.0604. The molecular formula is C15H22N2O3. The van der Waals surface area contributed by atoms with Gasteiger partial charge in [0.15, 0.2) is 0 Å². The number of nitro groups is 1. The molecule has 1 heterocycles. The highest BCUT2D eigenvalue weighted by atomic mass is 16.6. The maximum absolute atomic E-state index is 11.6. The van der Waals surface area contributed by atoms with Crippen LogP contribution >= 0.6 is 0 Å². The first-order valence-corrected chi connectivity index (χ1v) is 7.29. The highest BCUT2D eigenvalue weighted by molar-refractivity contribution is 5.76. The van der Waals surface area contributed by atoms with Crippen molar-refractivity contribution in [2.75, 3.05) is 0 Å². The van der Waals surface area contributed by atoms with Crippen LogP contribution in [0.3, 0.4) is 0 Å². The third kappa shape index (κ3) is 3.26. The summed E-state index contributed by atoms with van der Waals surface area (Å²) in [7, 11) is 0. The molecule has 1 unspecified atom stereocenters. The quantitative estimate of drug-likeness (QED) is 0.641. The number of hydrogen-bond donors (Lipinski definition) is 1. The summed E-state index contributed by atoms with van der Waals surface area (Å²) in [5.74, 6) is 0.0604. The average molecular weight is 278 g/mol. The molecule has 0 spiro atoms. The van der Waals surface area contributed by atoms with E-state index in [1.807, 2.05) is 12.1 Å². The smallest absolute Gasteiger partial charge is 0.224 e. The van der Waals surface area contributed by atoms with E-state index in [4.69, 9.17) is 0 Å². The number of Topliss-reactive ketones (excluding diaryl/α,β-unsaturated/α-hetero) is 1. The fourth-order valence-electron chi connectivity index (χ4n) is 3.60. The maximum Gasteiger partial charge on any atom is 0.224 e. The number of nitrogens with one attached hydrogen (secondary N) is 1. The fraction of sp³-hybridized carbons (Fsp3) is 0.667. The van der Waals surface area contributed by atoms with Gasteiger partial charge in [-0.2, -0.15) is 0 Å². The number of nitrogens with zero attached hydrogens (tertiary/aromatic N) is 1. The Labute approximate surface area is 118 Å². The zero-order chi connectivity index (χ0) is 14.6. The van der Waals surface area contributed by atoms with Crippen molar-refractivity contribution >= 4 is 5.78 Å². The zero-order valence-electron chi connectivity index (χ0n) is 11.9. The van der Waals surface area contributed by atoms with E-state index in [0.29, 0.717) is 12.8 Å². The van der Waals surface area contributed by atoms with E-state index >= 15 is 0 Å². The molecule has 1 aliphatic carbocycles. The van der Waals surface area contributed by atoms with E-state index in [9.17, 15) is 14.9 Å². The average Bonchev–Trinajstić information content (AvgIpc) is 2.88. The number of H-pyrrole nitrogens is 1. The van der Waals surface area contributed by atoms with Crippen molar-refractivity contribution in [3.05, 3.63) is 34.1 Å². The summed E-state index contributed by atoms with van der Waals surface area (Å²) in [5, 5.41) is 11.6. The lowest BCUT2D eigenvalue weighted by Gasteiger charge is -2.38. The van der Waals surface area contributed by atoms with E-state index in [0.717, 1.165) is 37.8 Å². The maximum atomic E-state index is 11.6. The van der Waals surface area contributed by atoms with Crippen molar-refractivity contribution < 1.29 is 9.72 Å². The SMILES string of the molecule is CC(=O)CC1(C(Cc2ccc[nH]2)[N+](=O)[O-])CCCCC1. The molecule has 1 aliphatic rings. The Balaban J connectivity index is 2.26. The summed E-state index contributed by atoms with van der Waals surface area (Å²) < 4.78 is 0. The van der Waals surface area contributed by atoms with Crippen LogP contribution in [0.1, 0.15) is 51.1 Å². The van der Waals surface area contributed by atoms with Crippen LogP contribution in [0.5, 0.6) is 0 Å². The van der Waals surface area contributed by atoms with Gasteiger partial charge in [0.1, 0.15) is 5.78 Å². The summed E-state index contributed by atoms with van der Waals surface area (Å²) in [6.45, 7) is 1.54. The third-order valence-corrected chi connectivity index (χ3v) is 4.49. The van der Waals surface area contributed by atoms with Gasteiger partial charge in [0.25, 0.3) is 0 Å². The summed E-state index contributed by atoms with van der Waals surface area (Å²) in [5.41, 5.74) is 0.416. The normalized spacial score (nSPS) is 19.4. The molecule has 0 amide bonds. The summed E-state index contributed by atoms with van der Waals surface area (Å²) in [4.78, 5) is 26.1. The van der Waals surface area contributed by atoms with Crippen molar-refractivity contribution in [1.29, 1.82) is 0 Å². The molecule has 20 heavy (non-hydrogen) atoms. The highest BCUT2D eigenvalue weighted by Crippen LogP contribution is 2.44. The molecule has 0 saturated heterocycles. The van der Waals surface area contributed by atoms with Gasteiger partial charge >= 0.3 is 0 Å². The van der Waals surface area contributed by atoms with Crippen LogP contribution in [0.25, 0.3) is 0 Å². The van der Waals surface area contributed by atoms with Gasteiger partial charge in [-0.1, -0.05) is 19.3 Å². The Hall–Kier alpha value is -1.65. The molecule has 1 saturated carbocycles. The number of carbonyl (C=O) groups is 1. The van der Waals surface area contributed by atoms with Gasteiger partial charge in [0.2, 0.25) is 6.04 Å². The van der Waals surface area contributed by atoms with Gasteiger partial charge in [0, 0.05) is 28.6 Å². The second kappa shape index (κ2) is 6.20. The second-order valence-electron chi connectivity index (χ2n) is 6.00. The van der Waals surface area contributed by atoms with Crippen LogP contribution in [0.4, 0.5) is 0 Å². The van der Waals surface area contributed by atoms with Crippen LogP contribution in [0.15, 0.2) is 18.3 Å². The summed E-state index contributed by atoms with van der Waals surface area (Å²) in [6.07, 6.45) is 7.17. The Morgan fingerprint density at radius 2 is 2.15 bits per heavy atom. The largest absolute Gasteiger partial charge is 0.365 e. The van der Waals surface area contributed by atoms with Gasteiger partial charge in [-0.3, -0.25) is 10.1 Å². The molecule has 1 aromatic heterocycles. The van der Waals surface area contributed by atoms with Crippen molar-refractivity contribution in [1.82, 2.24) is 4.98 Å². The number of aromatic amines is 1. The van der Waals surface area contributed by atoms with Gasteiger partial charge in [-0.05, 0) is 31.9 Å². The van der Waals surface area contributed by atoms with E-state index in [2.05, 4.69) is 4.98 Å². The van der Waals surface area contributed by atoms with Crippen molar-refractivity contribution in [3.8, 4) is 0 Å². The number of rotatable bonds is 6. The van der Waals surface area contributed by atoms with Crippen LogP contribution in [0, 0.1) is 15.5 Å². The predicted octanol–water partition coefficient (Wildman–Crippen LogP) is 3.13. The lowest BCUT2D eigenvalue weighted by molar-refractivity contribution is -0.544. The second-order valence-corrected chi connectivity index (χ2v) is 6.00. The minimum atomic E-state index is -0.676. The molecule has 2 rings (SSSR count). The molecule has 1 N–H and O–H groups in total. The van der Waals surface area contributed by atoms with Crippen LogP contribution in [0.2, 0.25) is 0 Å². The number of ketones is 1. The summed E-state index contributed by atoms with van der Waals surface area (Å²) >= 11 is 0. The number of hydrogen-bond acceptors (Lipinski definition) is 3. The Bertz CT molecular complexity index is 461. The molecular weight excluding hydrogens is 256 g/mol. The lowest BCUT2D eigenvalue weighted by Crippen LogP contribution is -2.45. The molecule has 0 bridgehead atoms. The van der Waals surface area contributed by atoms with Crippen LogP contribution in [-0.2, 0) is 11.2 Å². The van der Waals surface area contributed by atoms with E-state index in [1.54, 1.807) is 13.1 Å². The van der Waals surface area contributed by atoms with E-state index < -0.39 is 11.5 Å². The third-order valence-electron chi connectivity index (χ3n) is 4.49. The summed E-state index contributed by atoms with van der Waals surface area (Å²) in [6, 6.07) is 3.05. The van der Waals surface area contributed by atoms with Crippen LogP contribution in [-0.4, -0.2) is 21.7 Å². The Morgan fingerprint density at radius 3 is 2.65 bits per heavy atom. The fourth-order valence-corrected chi connectivity index (χ4v) is 3.60. The van der Waals surface area contributed by atoms with E-state index in [1.165, 1.54) is 0 Å².